The average molecular weight is 385 g/mol. The Morgan fingerprint density at radius 3 is 2.42 bits per heavy atom. The summed E-state index contributed by atoms with van der Waals surface area (Å²) in [6, 6.07) is -0.554. The number of carbonyl (C=O) groups is 2. The van der Waals surface area contributed by atoms with Crippen LogP contribution in [-0.2, 0) is 4.79 Å². The summed E-state index contributed by atoms with van der Waals surface area (Å²) in [4.78, 5) is 31.3. The van der Waals surface area contributed by atoms with Crippen LogP contribution in [0.3, 0.4) is 0 Å². The quantitative estimate of drug-likeness (QED) is 0.696. The molecule has 0 unspecified atom stereocenters. The molecule has 1 atom stereocenters. The number of amides is 3. The van der Waals surface area contributed by atoms with Crippen molar-refractivity contribution in [3.63, 3.8) is 0 Å². The Morgan fingerprint density at radius 2 is 1.81 bits per heavy atom. The van der Waals surface area contributed by atoms with Crippen LogP contribution in [0.4, 0.5) is 4.79 Å². The Bertz CT molecular complexity index is 449. The van der Waals surface area contributed by atoms with E-state index in [1.165, 1.54) is 25.7 Å². The van der Waals surface area contributed by atoms with E-state index >= 15 is 0 Å². The Labute approximate surface area is 163 Å². The number of likely N-dealkylation sites (N-methyl/N-ethyl adjacent to an activating group) is 1. The predicted octanol–water partition coefficient (Wildman–Crippen LogP) is 2.10. The number of rotatable bonds is 8. The van der Waals surface area contributed by atoms with E-state index in [2.05, 4.69) is 23.5 Å². The molecule has 150 valence electrons. The molecule has 3 amide bonds. The second-order valence-electron chi connectivity index (χ2n) is 7.72. The standard InChI is InChI=1S/C19H36N4O2S/c1-16(18(24)22-12-10-21(2)11-13-22)20-19(25)23(14-15-26-3)9-8-17-6-4-5-7-17/h16-17H,4-15H2,1-3H3,(H,20,25)/t16-/m0/s1. The van der Waals surface area contributed by atoms with Crippen molar-refractivity contribution < 1.29 is 9.59 Å². The summed E-state index contributed by atoms with van der Waals surface area (Å²) in [6.45, 7) is 6.63. The van der Waals surface area contributed by atoms with Crippen LogP contribution in [0.5, 0.6) is 0 Å². The monoisotopic (exact) mass is 384 g/mol. The fraction of sp³-hybridized carbons (Fsp3) is 0.895. The van der Waals surface area contributed by atoms with Gasteiger partial charge in [0.25, 0.3) is 0 Å². The minimum absolute atomic E-state index is 0.0343. The van der Waals surface area contributed by atoms with E-state index in [1.54, 1.807) is 11.8 Å². The van der Waals surface area contributed by atoms with Crippen LogP contribution in [0.1, 0.15) is 39.0 Å². The van der Waals surface area contributed by atoms with Crippen molar-refractivity contribution in [2.75, 3.05) is 58.3 Å². The van der Waals surface area contributed by atoms with Crippen LogP contribution in [0, 0.1) is 5.92 Å². The third-order valence-electron chi connectivity index (χ3n) is 5.66. The highest BCUT2D eigenvalue weighted by Crippen LogP contribution is 2.27. The SMILES string of the molecule is CSCCN(CCC1CCCC1)C(=O)N[C@@H](C)C(=O)N1CCN(C)CC1. The smallest absolute Gasteiger partial charge is 0.318 e. The van der Waals surface area contributed by atoms with Crippen LogP contribution < -0.4 is 5.32 Å². The highest BCUT2D eigenvalue weighted by molar-refractivity contribution is 7.98. The lowest BCUT2D eigenvalue weighted by Crippen LogP contribution is -2.55. The molecule has 0 radical (unpaired) electrons. The molecular weight excluding hydrogens is 348 g/mol. The first-order valence-corrected chi connectivity index (χ1v) is 11.4. The maximum Gasteiger partial charge on any atom is 0.318 e. The number of nitrogens with zero attached hydrogens (tertiary/aromatic N) is 3. The van der Waals surface area contributed by atoms with Gasteiger partial charge in [0, 0.05) is 45.0 Å². The first-order valence-electron chi connectivity index (χ1n) is 10.0. The zero-order valence-electron chi connectivity index (χ0n) is 16.7. The third kappa shape index (κ3) is 6.65. The van der Waals surface area contributed by atoms with Gasteiger partial charge >= 0.3 is 6.03 Å². The number of urea groups is 1. The first-order chi connectivity index (χ1) is 12.5. The first kappa shape index (κ1) is 21.4. The minimum atomic E-state index is -0.464. The van der Waals surface area contributed by atoms with Crippen LogP contribution in [0.25, 0.3) is 0 Å². The lowest BCUT2D eigenvalue weighted by Gasteiger charge is -2.34. The van der Waals surface area contributed by atoms with E-state index in [0.29, 0.717) is 0 Å². The van der Waals surface area contributed by atoms with E-state index in [1.807, 2.05) is 16.7 Å². The Balaban J connectivity index is 1.82. The van der Waals surface area contributed by atoms with Crippen molar-refractivity contribution >= 4 is 23.7 Å². The molecule has 1 N–H and O–H groups in total. The highest BCUT2D eigenvalue weighted by atomic mass is 32.2. The zero-order valence-corrected chi connectivity index (χ0v) is 17.5. The van der Waals surface area contributed by atoms with Crippen LogP contribution in [0.2, 0.25) is 0 Å². The summed E-state index contributed by atoms with van der Waals surface area (Å²) in [6.07, 6.45) is 8.41. The van der Waals surface area contributed by atoms with Gasteiger partial charge in [-0.15, -0.1) is 0 Å². The molecule has 0 aromatic heterocycles. The number of thioether (sulfide) groups is 1. The van der Waals surface area contributed by atoms with E-state index in [4.69, 9.17) is 0 Å². The van der Waals surface area contributed by atoms with Gasteiger partial charge in [-0.05, 0) is 32.6 Å². The van der Waals surface area contributed by atoms with Crippen LogP contribution in [0.15, 0.2) is 0 Å². The van der Waals surface area contributed by atoms with Gasteiger partial charge in [-0.3, -0.25) is 4.79 Å². The van der Waals surface area contributed by atoms with Gasteiger partial charge in [0.05, 0.1) is 0 Å². The third-order valence-corrected chi connectivity index (χ3v) is 6.25. The van der Waals surface area contributed by atoms with Crippen molar-refractivity contribution in [1.82, 2.24) is 20.0 Å². The molecule has 0 aromatic rings. The molecule has 1 aliphatic heterocycles. The molecule has 1 aliphatic carbocycles. The molecule has 2 rings (SSSR count). The van der Waals surface area contributed by atoms with Gasteiger partial charge in [-0.2, -0.15) is 11.8 Å². The second-order valence-corrected chi connectivity index (χ2v) is 8.70. The second kappa shape index (κ2) is 11.0. The van der Waals surface area contributed by atoms with Gasteiger partial charge in [0.1, 0.15) is 6.04 Å². The summed E-state index contributed by atoms with van der Waals surface area (Å²) < 4.78 is 0. The lowest BCUT2D eigenvalue weighted by atomic mass is 10.0. The van der Waals surface area contributed by atoms with Crippen molar-refractivity contribution in [3.8, 4) is 0 Å². The Kier molecular flexibility index (Phi) is 9.05. The number of hydrogen-bond acceptors (Lipinski definition) is 4. The number of nitrogens with one attached hydrogen (secondary N) is 1. The molecule has 1 saturated heterocycles. The van der Waals surface area contributed by atoms with Crippen molar-refractivity contribution in [2.24, 2.45) is 5.92 Å². The summed E-state index contributed by atoms with van der Waals surface area (Å²) in [5.41, 5.74) is 0. The van der Waals surface area contributed by atoms with Gasteiger partial charge < -0.3 is 20.0 Å². The van der Waals surface area contributed by atoms with Gasteiger partial charge in [-0.25, -0.2) is 4.79 Å². The molecule has 2 aliphatic rings. The van der Waals surface area contributed by atoms with E-state index < -0.39 is 6.04 Å². The maximum atomic E-state index is 12.7. The normalized spacial score (nSPS) is 20.2. The molecule has 0 aromatic carbocycles. The van der Waals surface area contributed by atoms with Crippen molar-refractivity contribution in [3.05, 3.63) is 0 Å². The van der Waals surface area contributed by atoms with Crippen LogP contribution in [-0.4, -0.2) is 91.0 Å². The van der Waals surface area contributed by atoms with E-state index in [9.17, 15) is 9.59 Å². The maximum absolute atomic E-state index is 12.7. The molecule has 6 nitrogen and oxygen atoms in total. The Morgan fingerprint density at radius 1 is 1.15 bits per heavy atom. The minimum Gasteiger partial charge on any atom is -0.338 e. The highest BCUT2D eigenvalue weighted by Gasteiger charge is 2.26. The Hall–Kier alpha value is -0.950. The molecule has 7 heteroatoms. The van der Waals surface area contributed by atoms with E-state index in [0.717, 1.165) is 57.4 Å². The van der Waals surface area contributed by atoms with Gasteiger partial charge in [-0.1, -0.05) is 25.7 Å². The molecule has 0 spiro atoms. The van der Waals surface area contributed by atoms with Crippen molar-refractivity contribution in [2.45, 2.75) is 45.1 Å². The summed E-state index contributed by atoms with van der Waals surface area (Å²) in [7, 11) is 2.07. The summed E-state index contributed by atoms with van der Waals surface area (Å²) in [5.74, 6) is 1.73. The molecule has 26 heavy (non-hydrogen) atoms. The molecule has 0 bridgehead atoms. The largest absolute Gasteiger partial charge is 0.338 e. The molecule has 2 fully saturated rings. The average Bonchev–Trinajstić information content (AvgIpc) is 3.15. The number of hydrogen-bond donors (Lipinski definition) is 1. The molecular formula is C19H36N4O2S. The fourth-order valence-corrected chi connectivity index (χ4v) is 4.20. The van der Waals surface area contributed by atoms with Gasteiger partial charge in [0.2, 0.25) is 5.91 Å². The predicted molar refractivity (Wildman–Crippen MR) is 109 cm³/mol. The van der Waals surface area contributed by atoms with E-state index in [-0.39, 0.29) is 11.9 Å². The fourth-order valence-electron chi connectivity index (χ4n) is 3.79. The summed E-state index contributed by atoms with van der Waals surface area (Å²) >= 11 is 1.75. The topological polar surface area (TPSA) is 55.9 Å². The molecule has 1 saturated carbocycles. The van der Waals surface area contributed by atoms with Crippen molar-refractivity contribution in [1.29, 1.82) is 0 Å². The lowest BCUT2D eigenvalue weighted by molar-refractivity contribution is -0.134. The zero-order chi connectivity index (χ0) is 18.9. The van der Waals surface area contributed by atoms with Crippen LogP contribution >= 0.6 is 11.8 Å². The number of piperazine rings is 1. The molecule has 1 heterocycles. The number of carbonyl (C=O) groups excluding carboxylic acids is 2. The van der Waals surface area contributed by atoms with Gasteiger partial charge in [0.15, 0.2) is 0 Å². The summed E-state index contributed by atoms with van der Waals surface area (Å²) in [5, 5.41) is 2.95.